The number of nitrogens with one attached hydrogen (secondary N) is 1. The van der Waals surface area contributed by atoms with Crippen molar-refractivity contribution in [3.05, 3.63) is 59.4 Å². The van der Waals surface area contributed by atoms with E-state index in [9.17, 15) is 0 Å². The average Bonchev–Trinajstić information content (AvgIpc) is 2.46. The monoisotopic (exact) mass is 257 g/mol. The first-order chi connectivity index (χ1) is 9.24. The lowest BCUT2D eigenvalue weighted by molar-refractivity contribution is 0.410. The van der Waals surface area contributed by atoms with Crippen LogP contribution in [-0.2, 0) is 6.42 Å². The number of hydrogen-bond acceptors (Lipinski definition) is 4. The minimum absolute atomic E-state index is 0.0405. The second-order valence-corrected chi connectivity index (χ2v) is 4.51. The van der Waals surface area contributed by atoms with Gasteiger partial charge < -0.3 is 4.74 Å². The molecule has 1 heterocycles. The molecule has 2 aromatic rings. The number of methoxy groups -OCH3 is 1. The first-order valence-corrected chi connectivity index (χ1v) is 6.24. The van der Waals surface area contributed by atoms with Crippen molar-refractivity contribution in [3.63, 3.8) is 0 Å². The number of benzene rings is 1. The van der Waals surface area contributed by atoms with E-state index in [1.165, 1.54) is 0 Å². The van der Waals surface area contributed by atoms with Crippen LogP contribution in [0.1, 0.15) is 22.7 Å². The summed E-state index contributed by atoms with van der Waals surface area (Å²) >= 11 is 0. The molecule has 0 bridgehead atoms. The molecule has 1 aromatic heterocycles. The Balaban J connectivity index is 2.22. The van der Waals surface area contributed by atoms with Crippen LogP contribution in [0.3, 0.4) is 0 Å². The summed E-state index contributed by atoms with van der Waals surface area (Å²) < 4.78 is 5.35. The van der Waals surface area contributed by atoms with Crippen molar-refractivity contribution < 1.29 is 4.74 Å². The molecule has 4 nitrogen and oxygen atoms in total. The van der Waals surface area contributed by atoms with Crippen LogP contribution in [0.2, 0.25) is 0 Å². The molecular weight excluding hydrogens is 238 g/mol. The molecule has 0 saturated carbocycles. The molecule has 0 aliphatic carbocycles. The topological polar surface area (TPSA) is 60.2 Å². The predicted octanol–water partition coefficient (Wildman–Crippen LogP) is 2.15. The second-order valence-electron chi connectivity index (χ2n) is 4.51. The lowest BCUT2D eigenvalue weighted by atomic mass is 9.99. The SMILES string of the molecule is COc1cc(C(Cc2cccnc2)NN)ccc1C. The van der Waals surface area contributed by atoms with E-state index in [-0.39, 0.29) is 6.04 Å². The molecule has 3 N–H and O–H groups in total. The predicted molar refractivity (Wildman–Crippen MR) is 75.7 cm³/mol. The van der Waals surface area contributed by atoms with Crippen molar-refractivity contribution >= 4 is 0 Å². The van der Waals surface area contributed by atoms with Gasteiger partial charge in [-0.2, -0.15) is 0 Å². The first-order valence-electron chi connectivity index (χ1n) is 6.24. The van der Waals surface area contributed by atoms with Crippen LogP contribution in [-0.4, -0.2) is 12.1 Å². The third kappa shape index (κ3) is 3.30. The third-order valence-corrected chi connectivity index (χ3v) is 3.20. The molecule has 100 valence electrons. The number of ether oxygens (including phenoxy) is 1. The Kier molecular flexibility index (Phi) is 4.49. The molecule has 0 radical (unpaired) electrons. The van der Waals surface area contributed by atoms with Crippen molar-refractivity contribution in [1.82, 2.24) is 10.4 Å². The molecule has 0 aliphatic heterocycles. The van der Waals surface area contributed by atoms with Gasteiger partial charge in [-0.3, -0.25) is 16.3 Å². The number of aromatic nitrogens is 1. The van der Waals surface area contributed by atoms with Gasteiger partial charge >= 0.3 is 0 Å². The summed E-state index contributed by atoms with van der Waals surface area (Å²) in [6, 6.07) is 10.1. The molecule has 4 heteroatoms. The van der Waals surface area contributed by atoms with Crippen LogP contribution in [0.15, 0.2) is 42.7 Å². The fourth-order valence-electron chi connectivity index (χ4n) is 2.08. The van der Waals surface area contributed by atoms with Crippen molar-refractivity contribution in [1.29, 1.82) is 0 Å². The molecule has 1 atom stereocenters. The Morgan fingerprint density at radius 3 is 2.84 bits per heavy atom. The highest BCUT2D eigenvalue weighted by molar-refractivity contribution is 5.38. The summed E-state index contributed by atoms with van der Waals surface area (Å²) in [5.41, 5.74) is 6.22. The quantitative estimate of drug-likeness (QED) is 0.636. The maximum atomic E-state index is 5.67. The van der Waals surface area contributed by atoms with Gasteiger partial charge in [-0.25, -0.2) is 0 Å². The maximum Gasteiger partial charge on any atom is 0.122 e. The van der Waals surface area contributed by atoms with Gasteiger partial charge in [-0.05, 0) is 42.2 Å². The Morgan fingerprint density at radius 2 is 2.21 bits per heavy atom. The van der Waals surface area contributed by atoms with E-state index in [1.807, 2.05) is 37.4 Å². The smallest absolute Gasteiger partial charge is 0.122 e. The van der Waals surface area contributed by atoms with E-state index < -0.39 is 0 Å². The van der Waals surface area contributed by atoms with Crippen LogP contribution in [0.5, 0.6) is 5.75 Å². The summed E-state index contributed by atoms with van der Waals surface area (Å²) in [5, 5.41) is 0. The van der Waals surface area contributed by atoms with E-state index in [0.717, 1.165) is 28.9 Å². The zero-order chi connectivity index (χ0) is 13.7. The summed E-state index contributed by atoms with van der Waals surface area (Å²) in [6.07, 6.45) is 4.41. The van der Waals surface area contributed by atoms with Gasteiger partial charge in [-0.1, -0.05) is 18.2 Å². The van der Waals surface area contributed by atoms with Crippen molar-refractivity contribution in [2.75, 3.05) is 7.11 Å². The Hall–Kier alpha value is -1.91. The van der Waals surface area contributed by atoms with Gasteiger partial charge in [0, 0.05) is 12.4 Å². The van der Waals surface area contributed by atoms with Crippen LogP contribution in [0, 0.1) is 6.92 Å². The van der Waals surface area contributed by atoms with Gasteiger partial charge in [0.1, 0.15) is 5.75 Å². The van der Waals surface area contributed by atoms with Gasteiger partial charge in [0.15, 0.2) is 0 Å². The highest BCUT2D eigenvalue weighted by Crippen LogP contribution is 2.24. The van der Waals surface area contributed by atoms with E-state index in [1.54, 1.807) is 13.3 Å². The highest BCUT2D eigenvalue weighted by Gasteiger charge is 2.12. The zero-order valence-corrected chi connectivity index (χ0v) is 11.3. The van der Waals surface area contributed by atoms with Crippen LogP contribution in [0.4, 0.5) is 0 Å². The van der Waals surface area contributed by atoms with Crippen LogP contribution < -0.4 is 16.0 Å². The molecule has 0 spiro atoms. The minimum atomic E-state index is 0.0405. The van der Waals surface area contributed by atoms with Gasteiger partial charge in [0.05, 0.1) is 13.2 Å². The lowest BCUT2D eigenvalue weighted by Gasteiger charge is -2.17. The van der Waals surface area contributed by atoms with Crippen molar-refractivity contribution in [3.8, 4) is 5.75 Å². The molecule has 1 unspecified atom stereocenters. The fraction of sp³-hybridized carbons (Fsp3) is 0.267. The molecule has 0 amide bonds. The summed E-state index contributed by atoms with van der Waals surface area (Å²) in [5.74, 6) is 6.55. The van der Waals surface area contributed by atoms with Crippen LogP contribution >= 0.6 is 0 Å². The van der Waals surface area contributed by atoms with Crippen LogP contribution in [0.25, 0.3) is 0 Å². The number of aryl methyl sites for hydroxylation is 1. The molecule has 1 aromatic carbocycles. The lowest BCUT2D eigenvalue weighted by Crippen LogP contribution is -2.29. The molecule has 2 rings (SSSR count). The van der Waals surface area contributed by atoms with Gasteiger partial charge in [0.2, 0.25) is 0 Å². The third-order valence-electron chi connectivity index (χ3n) is 3.20. The second kappa shape index (κ2) is 6.31. The number of nitrogens with zero attached hydrogens (tertiary/aromatic N) is 1. The van der Waals surface area contributed by atoms with E-state index in [0.29, 0.717) is 0 Å². The summed E-state index contributed by atoms with van der Waals surface area (Å²) in [4.78, 5) is 4.12. The maximum absolute atomic E-state index is 5.67. The number of hydrogen-bond donors (Lipinski definition) is 2. The number of pyridine rings is 1. The Labute approximate surface area is 113 Å². The highest BCUT2D eigenvalue weighted by atomic mass is 16.5. The van der Waals surface area contributed by atoms with Crippen molar-refractivity contribution in [2.45, 2.75) is 19.4 Å². The normalized spacial score (nSPS) is 12.2. The Bertz CT molecular complexity index is 528. The minimum Gasteiger partial charge on any atom is -0.496 e. The van der Waals surface area contributed by atoms with E-state index in [2.05, 4.69) is 16.5 Å². The molecule has 19 heavy (non-hydrogen) atoms. The molecule has 0 saturated heterocycles. The number of rotatable bonds is 5. The standard InChI is InChI=1S/C15H19N3O/c1-11-5-6-13(9-15(11)19-2)14(18-16)8-12-4-3-7-17-10-12/h3-7,9-10,14,18H,8,16H2,1-2H3. The Morgan fingerprint density at radius 1 is 1.37 bits per heavy atom. The summed E-state index contributed by atoms with van der Waals surface area (Å²) in [7, 11) is 1.68. The number of hydrazine groups is 1. The van der Waals surface area contributed by atoms with Gasteiger partial charge in [-0.15, -0.1) is 0 Å². The first kappa shape index (κ1) is 13.5. The van der Waals surface area contributed by atoms with E-state index in [4.69, 9.17) is 10.6 Å². The molecule has 0 aliphatic rings. The van der Waals surface area contributed by atoms with E-state index >= 15 is 0 Å². The van der Waals surface area contributed by atoms with Gasteiger partial charge in [0.25, 0.3) is 0 Å². The summed E-state index contributed by atoms with van der Waals surface area (Å²) in [6.45, 7) is 2.02. The largest absolute Gasteiger partial charge is 0.496 e. The molecular formula is C15H19N3O. The molecule has 0 fully saturated rings. The average molecular weight is 257 g/mol. The van der Waals surface area contributed by atoms with Crippen molar-refractivity contribution in [2.24, 2.45) is 5.84 Å². The fourth-order valence-corrected chi connectivity index (χ4v) is 2.08. The zero-order valence-electron chi connectivity index (χ0n) is 11.3. The number of nitrogens with two attached hydrogens (primary N) is 1.